The molecule has 20 heavy (non-hydrogen) atoms. The Morgan fingerprint density at radius 3 is 2.55 bits per heavy atom. The van der Waals surface area contributed by atoms with Crippen LogP contribution in [0.4, 0.5) is 5.69 Å². The third kappa shape index (κ3) is 3.62. The predicted octanol–water partition coefficient (Wildman–Crippen LogP) is 4.16. The van der Waals surface area contributed by atoms with Crippen LogP contribution in [0.3, 0.4) is 0 Å². The number of hydrogen-bond acceptors (Lipinski definition) is 2. The largest absolute Gasteiger partial charge is 0.490 e. The lowest BCUT2D eigenvalue weighted by Crippen LogP contribution is -2.35. The maximum absolute atomic E-state index is 12.4. The molecular weight excluding hydrogens is 250 g/mol. The Bertz CT molecular complexity index is 458. The third-order valence-electron chi connectivity index (χ3n) is 3.99. The fourth-order valence-electron chi connectivity index (χ4n) is 2.63. The van der Waals surface area contributed by atoms with Crippen molar-refractivity contribution in [1.29, 1.82) is 0 Å². The van der Waals surface area contributed by atoms with E-state index in [4.69, 9.17) is 4.74 Å². The van der Waals surface area contributed by atoms with Crippen LogP contribution in [0.25, 0.3) is 0 Å². The maximum Gasteiger partial charge on any atom is 0.230 e. The normalized spacial score (nSPS) is 17.2. The molecule has 0 spiro atoms. The van der Waals surface area contributed by atoms with Gasteiger partial charge in [-0.3, -0.25) is 4.79 Å². The molecule has 0 heterocycles. The highest BCUT2D eigenvalue weighted by Gasteiger charge is 2.34. The zero-order valence-electron chi connectivity index (χ0n) is 12.2. The van der Waals surface area contributed by atoms with Crippen LogP contribution in [0, 0.1) is 5.41 Å². The van der Waals surface area contributed by atoms with E-state index in [1.54, 1.807) is 6.08 Å². The second-order valence-corrected chi connectivity index (χ2v) is 5.70. The van der Waals surface area contributed by atoms with E-state index in [2.05, 4.69) is 18.8 Å². The number of benzene rings is 1. The first-order valence-electron chi connectivity index (χ1n) is 7.29. The van der Waals surface area contributed by atoms with Crippen molar-refractivity contribution in [3.8, 4) is 5.75 Å². The maximum atomic E-state index is 12.4. The molecule has 108 valence electrons. The second kappa shape index (κ2) is 6.60. The molecule has 1 aromatic carbocycles. The average Bonchev–Trinajstić information content (AvgIpc) is 2.47. The molecular formula is C17H23NO2. The summed E-state index contributed by atoms with van der Waals surface area (Å²) in [5.74, 6) is 0.920. The van der Waals surface area contributed by atoms with Crippen molar-refractivity contribution in [3.05, 3.63) is 36.9 Å². The SMILES string of the molecule is C=CCOc1ccc(NC(=O)C2(C)CCCCC2)cc1. The molecule has 0 saturated heterocycles. The molecule has 1 saturated carbocycles. The quantitative estimate of drug-likeness (QED) is 0.818. The van der Waals surface area contributed by atoms with Gasteiger partial charge in [-0.05, 0) is 37.1 Å². The molecule has 2 rings (SSSR count). The molecule has 0 aliphatic heterocycles. The monoisotopic (exact) mass is 273 g/mol. The fraction of sp³-hybridized carbons (Fsp3) is 0.471. The van der Waals surface area contributed by atoms with Gasteiger partial charge >= 0.3 is 0 Å². The summed E-state index contributed by atoms with van der Waals surface area (Å²) in [5.41, 5.74) is 0.615. The van der Waals surface area contributed by atoms with Gasteiger partial charge in [0.25, 0.3) is 0 Å². The summed E-state index contributed by atoms with van der Waals surface area (Å²) in [6, 6.07) is 7.48. The van der Waals surface area contributed by atoms with Crippen LogP contribution in [-0.2, 0) is 4.79 Å². The van der Waals surface area contributed by atoms with Gasteiger partial charge in [-0.2, -0.15) is 0 Å². The highest BCUT2D eigenvalue weighted by Crippen LogP contribution is 2.36. The van der Waals surface area contributed by atoms with Crippen LogP contribution in [0.2, 0.25) is 0 Å². The Labute approximate surface area is 121 Å². The molecule has 1 fully saturated rings. The van der Waals surface area contributed by atoms with Gasteiger partial charge in [-0.15, -0.1) is 0 Å². The van der Waals surface area contributed by atoms with Gasteiger partial charge in [-0.25, -0.2) is 0 Å². The van der Waals surface area contributed by atoms with Crippen molar-refractivity contribution < 1.29 is 9.53 Å². The molecule has 1 N–H and O–H groups in total. The number of anilines is 1. The van der Waals surface area contributed by atoms with Crippen molar-refractivity contribution in [2.24, 2.45) is 5.41 Å². The van der Waals surface area contributed by atoms with Gasteiger partial charge in [0.05, 0.1) is 0 Å². The standard InChI is InChI=1S/C17H23NO2/c1-3-13-20-15-9-7-14(8-10-15)18-16(19)17(2)11-5-4-6-12-17/h3,7-10H,1,4-6,11-13H2,2H3,(H,18,19). The molecule has 3 heteroatoms. The summed E-state index contributed by atoms with van der Waals surface area (Å²) in [4.78, 5) is 12.4. The van der Waals surface area contributed by atoms with Crippen molar-refractivity contribution in [1.82, 2.24) is 0 Å². The zero-order chi connectivity index (χ0) is 14.4. The van der Waals surface area contributed by atoms with Crippen LogP contribution in [0.5, 0.6) is 5.75 Å². The molecule has 1 aliphatic carbocycles. The van der Waals surface area contributed by atoms with Crippen LogP contribution >= 0.6 is 0 Å². The van der Waals surface area contributed by atoms with Crippen LogP contribution < -0.4 is 10.1 Å². The highest BCUT2D eigenvalue weighted by molar-refractivity contribution is 5.95. The molecule has 0 atom stereocenters. The summed E-state index contributed by atoms with van der Waals surface area (Å²) < 4.78 is 5.42. The van der Waals surface area contributed by atoms with E-state index in [1.165, 1.54) is 6.42 Å². The van der Waals surface area contributed by atoms with Crippen LogP contribution in [0.15, 0.2) is 36.9 Å². The van der Waals surface area contributed by atoms with Gasteiger partial charge in [0.2, 0.25) is 5.91 Å². The summed E-state index contributed by atoms with van der Waals surface area (Å²) in [7, 11) is 0. The average molecular weight is 273 g/mol. The Kier molecular flexibility index (Phi) is 4.83. The minimum atomic E-state index is -0.212. The van der Waals surface area contributed by atoms with E-state index < -0.39 is 0 Å². The molecule has 0 radical (unpaired) electrons. The number of rotatable bonds is 5. The van der Waals surface area contributed by atoms with E-state index in [0.717, 1.165) is 37.1 Å². The minimum absolute atomic E-state index is 0.136. The molecule has 0 aromatic heterocycles. The number of hydrogen-bond donors (Lipinski definition) is 1. The fourth-order valence-corrected chi connectivity index (χ4v) is 2.63. The second-order valence-electron chi connectivity index (χ2n) is 5.70. The Morgan fingerprint density at radius 1 is 1.30 bits per heavy atom. The lowest BCUT2D eigenvalue weighted by atomic mass is 9.75. The number of nitrogens with one attached hydrogen (secondary N) is 1. The lowest BCUT2D eigenvalue weighted by Gasteiger charge is -2.32. The van der Waals surface area contributed by atoms with Crippen molar-refractivity contribution in [2.75, 3.05) is 11.9 Å². The number of ether oxygens (including phenoxy) is 1. The van der Waals surface area contributed by atoms with Gasteiger partial charge in [0.1, 0.15) is 12.4 Å². The summed E-state index contributed by atoms with van der Waals surface area (Å²) in [5, 5.41) is 3.02. The van der Waals surface area contributed by atoms with Gasteiger partial charge in [0, 0.05) is 11.1 Å². The van der Waals surface area contributed by atoms with Gasteiger partial charge in [0.15, 0.2) is 0 Å². The van der Waals surface area contributed by atoms with Crippen LogP contribution in [-0.4, -0.2) is 12.5 Å². The number of carbonyl (C=O) groups excluding carboxylic acids is 1. The van der Waals surface area contributed by atoms with E-state index in [1.807, 2.05) is 24.3 Å². The first-order valence-corrected chi connectivity index (χ1v) is 7.29. The molecule has 3 nitrogen and oxygen atoms in total. The summed E-state index contributed by atoms with van der Waals surface area (Å²) >= 11 is 0. The number of carbonyl (C=O) groups is 1. The van der Waals surface area contributed by atoms with Crippen molar-refractivity contribution in [2.45, 2.75) is 39.0 Å². The Hall–Kier alpha value is -1.77. The smallest absolute Gasteiger partial charge is 0.230 e. The van der Waals surface area contributed by atoms with E-state index in [0.29, 0.717) is 6.61 Å². The first kappa shape index (κ1) is 14.6. The Morgan fingerprint density at radius 2 is 1.95 bits per heavy atom. The topological polar surface area (TPSA) is 38.3 Å². The van der Waals surface area contributed by atoms with Gasteiger partial charge in [-0.1, -0.05) is 38.8 Å². The third-order valence-corrected chi connectivity index (χ3v) is 3.99. The molecule has 1 aromatic rings. The summed E-state index contributed by atoms with van der Waals surface area (Å²) in [6.07, 6.45) is 7.23. The first-order chi connectivity index (χ1) is 9.64. The molecule has 1 aliphatic rings. The molecule has 0 unspecified atom stereocenters. The lowest BCUT2D eigenvalue weighted by molar-refractivity contribution is -0.126. The van der Waals surface area contributed by atoms with E-state index in [9.17, 15) is 4.79 Å². The van der Waals surface area contributed by atoms with E-state index in [-0.39, 0.29) is 11.3 Å². The Balaban J connectivity index is 1.95. The van der Waals surface area contributed by atoms with Crippen molar-refractivity contribution in [3.63, 3.8) is 0 Å². The van der Waals surface area contributed by atoms with Crippen molar-refractivity contribution >= 4 is 11.6 Å². The molecule has 1 amide bonds. The zero-order valence-corrected chi connectivity index (χ0v) is 12.2. The van der Waals surface area contributed by atoms with Crippen LogP contribution in [0.1, 0.15) is 39.0 Å². The van der Waals surface area contributed by atoms with Gasteiger partial charge < -0.3 is 10.1 Å². The van der Waals surface area contributed by atoms with E-state index >= 15 is 0 Å². The number of amides is 1. The minimum Gasteiger partial charge on any atom is -0.490 e. The predicted molar refractivity (Wildman–Crippen MR) is 82.0 cm³/mol. The molecule has 0 bridgehead atoms. The summed E-state index contributed by atoms with van der Waals surface area (Å²) in [6.45, 7) is 6.17. The highest BCUT2D eigenvalue weighted by atomic mass is 16.5.